The first-order valence-corrected chi connectivity index (χ1v) is 7.02. The lowest BCUT2D eigenvalue weighted by Crippen LogP contribution is -2.24. The molecule has 1 aromatic heterocycles. The van der Waals surface area contributed by atoms with Crippen LogP contribution in [0.4, 0.5) is 0 Å². The summed E-state index contributed by atoms with van der Waals surface area (Å²) in [6, 6.07) is 0. The van der Waals surface area contributed by atoms with Crippen LogP contribution in [0, 0.1) is 5.92 Å². The quantitative estimate of drug-likeness (QED) is 0.813. The van der Waals surface area contributed by atoms with Crippen molar-refractivity contribution in [3.8, 4) is 0 Å². The predicted molar refractivity (Wildman–Crippen MR) is 71.1 cm³/mol. The molecule has 0 aliphatic heterocycles. The van der Waals surface area contributed by atoms with Gasteiger partial charge in [-0.05, 0) is 50.8 Å². The van der Waals surface area contributed by atoms with E-state index in [1.54, 1.807) is 0 Å². The molecule has 0 spiro atoms. The summed E-state index contributed by atoms with van der Waals surface area (Å²) in [6.45, 7) is 4.26. The van der Waals surface area contributed by atoms with E-state index in [4.69, 9.17) is 0 Å². The molecule has 1 aliphatic carbocycles. The monoisotopic (exact) mass is 235 g/mol. The van der Waals surface area contributed by atoms with Crippen LogP contribution in [-0.4, -0.2) is 23.4 Å². The van der Waals surface area contributed by atoms with Crippen molar-refractivity contribution < 1.29 is 0 Å². The first-order chi connectivity index (χ1) is 8.35. The maximum absolute atomic E-state index is 4.43. The van der Waals surface area contributed by atoms with Crippen LogP contribution in [0.15, 0.2) is 12.4 Å². The molecule has 1 N–H and O–H groups in total. The van der Waals surface area contributed by atoms with Crippen LogP contribution in [0.2, 0.25) is 0 Å². The molecule has 1 fully saturated rings. The van der Waals surface area contributed by atoms with Crippen LogP contribution in [-0.2, 0) is 6.54 Å². The highest BCUT2D eigenvalue weighted by Gasteiger charge is 2.25. The van der Waals surface area contributed by atoms with Gasteiger partial charge in [-0.2, -0.15) is 5.10 Å². The largest absolute Gasteiger partial charge is 0.319 e. The smallest absolute Gasteiger partial charge is 0.0524 e. The fraction of sp³-hybridized carbons (Fsp3) is 0.786. The van der Waals surface area contributed by atoms with E-state index >= 15 is 0 Å². The highest BCUT2D eigenvalue weighted by molar-refractivity contribution is 5.13. The second-order valence-electron chi connectivity index (χ2n) is 5.19. The Morgan fingerprint density at radius 1 is 1.35 bits per heavy atom. The zero-order valence-electron chi connectivity index (χ0n) is 11.2. The van der Waals surface area contributed by atoms with Crippen molar-refractivity contribution in [1.29, 1.82) is 0 Å². The highest BCUT2D eigenvalue weighted by atomic mass is 15.3. The number of aromatic nitrogens is 2. The summed E-state index contributed by atoms with van der Waals surface area (Å²) in [5, 5.41) is 7.79. The van der Waals surface area contributed by atoms with Crippen molar-refractivity contribution in [1.82, 2.24) is 15.1 Å². The molecule has 2 atom stereocenters. The minimum absolute atomic E-state index is 0.713. The van der Waals surface area contributed by atoms with Gasteiger partial charge < -0.3 is 5.32 Å². The number of aryl methyl sites for hydroxylation is 1. The molecule has 1 aromatic rings. The SMILES string of the molecule is CCn1cc(C2CCCCCC2CNC)cn1. The van der Waals surface area contributed by atoms with Crippen LogP contribution in [0.25, 0.3) is 0 Å². The van der Waals surface area contributed by atoms with Crippen LogP contribution >= 0.6 is 0 Å². The van der Waals surface area contributed by atoms with Gasteiger partial charge in [0.15, 0.2) is 0 Å². The second kappa shape index (κ2) is 6.20. The molecular weight excluding hydrogens is 210 g/mol. The Hall–Kier alpha value is -0.830. The maximum atomic E-state index is 4.43. The third-order valence-corrected chi connectivity index (χ3v) is 4.03. The van der Waals surface area contributed by atoms with Crippen molar-refractivity contribution in [2.45, 2.75) is 51.5 Å². The van der Waals surface area contributed by atoms with E-state index in [0.717, 1.165) is 19.0 Å². The minimum atomic E-state index is 0.713. The van der Waals surface area contributed by atoms with Crippen LogP contribution in [0.1, 0.15) is 50.5 Å². The normalized spacial score (nSPS) is 25.8. The third-order valence-electron chi connectivity index (χ3n) is 4.03. The van der Waals surface area contributed by atoms with Gasteiger partial charge in [0.25, 0.3) is 0 Å². The van der Waals surface area contributed by atoms with E-state index < -0.39 is 0 Å². The van der Waals surface area contributed by atoms with Gasteiger partial charge >= 0.3 is 0 Å². The molecule has 3 nitrogen and oxygen atoms in total. The summed E-state index contributed by atoms with van der Waals surface area (Å²) in [7, 11) is 2.07. The fourth-order valence-corrected chi connectivity index (χ4v) is 3.07. The van der Waals surface area contributed by atoms with Gasteiger partial charge in [0.1, 0.15) is 0 Å². The van der Waals surface area contributed by atoms with Crippen LogP contribution < -0.4 is 5.32 Å². The van der Waals surface area contributed by atoms with Gasteiger partial charge in [0.2, 0.25) is 0 Å². The van der Waals surface area contributed by atoms with Gasteiger partial charge in [-0.25, -0.2) is 0 Å². The molecule has 0 aromatic carbocycles. The number of nitrogens with one attached hydrogen (secondary N) is 1. The summed E-state index contributed by atoms with van der Waals surface area (Å²) in [4.78, 5) is 0. The number of nitrogens with zero attached hydrogens (tertiary/aromatic N) is 2. The molecular formula is C14H25N3. The molecule has 0 saturated heterocycles. The summed E-state index contributed by atoms with van der Waals surface area (Å²) < 4.78 is 2.05. The van der Waals surface area contributed by atoms with Gasteiger partial charge in [-0.3, -0.25) is 4.68 Å². The summed E-state index contributed by atoms with van der Waals surface area (Å²) in [5.41, 5.74) is 1.45. The van der Waals surface area contributed by atoms with Crippen LogP contribution in [0.5, 0.6) is 0 Å². The number of hydrogen-bond acceptors (Lipinski definition) is 2. The maximum Gasteiger partial charge on any atom is 0.0524 e. The Morgan fingerprint density at radius 3 is 2.88 bits per heavy atom. The molecule has 3 heteroatoms. The van der Waals surface area contributed by atoms with Crippen LogP contribution in [0.3, 0.4) is 0 Å². The van der Waals surface area contributed by atoms with Crippen molar-refractivity contribution >= 4 is 0 Å². The molecule has 0 amide bonds. The van der Waals surface area contributed by atoms with E-state index in [1.807, 2.05) is 0 Å². The standard InChI is InChI=1S/C14H25N3/c1-3-17-11-13(10-16-17)14-8-6-4-5-7-12(14)9-15-2/h10-12,14-15H,3-9H2,1-2H3. The zero-order chi connectivity index (χ0) is 12.1. The molecule has 2 rings (SSSR count). The number of hydrogen-bond donors (Lipinski definition) is 1. The first-order valence-electron chi connectivity index (χ1n) is 7.02. The third kappa shape index (κ3) is 3.09. The molecule has 0 radical (unpaired) electrons. The Bertz CT molecular complexity index is 332. The van der Waals surface area contributed by atoms with E-state index in [9.17, 15) is 0 Å². The highest BCUT2D eigenvalue weighted by Crippen LogP contribution is 2.35. The molecule has 96 valence electrons. The molecule has 1 aliphatic rings. The van der Waals surface area contributed by atoms with Gasteiger partial charge in [0.05, 0.1) is 6.20 Å². The summed E-state index contributed by atoms with van der Waals surface area (Å²) >= 11 is 0. The van der Waals surface area contributed by atoms with E-state index in [1.165, 1.54) is 37.7 Å². The van der Waals surface area contributed by atoms with E-state index in [0.29, 0.717) is 5.92 Å². The second-order valence-corrected chi connectivity index (χ2v) is 5.19. The Kier molecular flexibility index (Phi) is 4.60. The van der Waals surface area contributed by atoms with Gasteiger partial charge in [0, 0.05) is 12.7 Å². The van der Waals surface area contributed by atoms with Crippen molar-refractivity contribution in [2.24, 2.45) is 5.92 Å². The van der Waals surface area contributed by atoms with Gasteiger partial charge in [-0.15, -0.1) is 0 Å². The predicted octanol–water partition coefficient (Wildman–Crippen LogP) is 2.79. The molecule has 1 saturated carbocycles. The molecule has 17 heavy (non-hydrogen) atoms. The molecule has 2 unspecified atom stereocenters. The average Bonchev–Trinajstić information content (AvgIpc) is 2.70. The zero-order valence-corrected chi connectivity index (χ0v) is 11.2. The summed E-state index contributed by atoms with van der Waals surface area (Å²) in [5.74, 6) is 1.50. The average molecular weight is 235 g/mol. The van der Waals surface area contributed by atoms with E-state index in [2.05, 4.69) is 41.5 Å². The number of rotatable bonds is 4. The Balaban J connectivity index is 2.13. The van der Waals surface area contributed by atoms with E-state index in [-0.39, 0.29) is 0 Å². The minimum Gasteiger partial charge on any atom is -0.319 e. The van der Waals surface area contributed by atoms with Crippen molar-refractivity contribution in [2.75, 3.05) is 13.6 Å². The Morgan fingerprint density at radius 2 is 2.18 bits per heavy atom. The lowest BCUT2D eigenvalue weighted by atomic mass is 9.84. The summed E-state index contributed by atoms with van der Waals surface area (Å²) in [6.07, 6.45) is 11.2. The first kappa shape index (κ1) is 12.6. The molecule has 1 heterocycles. The molecule has 0 bridgehead atoms. The lowest BCUT2D eigenvalue weighted by molar-refractivity contribution is 0.386. The van der Waals surface area contributed by atoms with Gasteiger partial charge in [-0.1, -0.05) is 19.3 Å². The lowest BCUT2D eigenvalue weighted by Gasteiger charge is -2.23. The Labute approximate surface area is 105 Å². The van der Waals surface area contributed by atoms with Crippen molar-refractivity contribution in [3.63, 3.8) is 0 Å². The van der Waals surface area contributed by atoms with Crippen molar-refractivity contribution in [3.05, 3.63) is 18.0 Å². The fourth-order valence-electron chi connectivity index (χ4n) is 3.07. The topological polar surface area (TPSA) is 29.9 Å².